The molecule has 0 fully saturated rings. The minimum absolute atomic E-state index is 0.129. The minimum atomic E-state index is -0.982. The predicted octanol–water partition coefficient (Wildman–Crippen LogP) is 4.30. The van der Waals surface area contributed by atoms with Gasteiger partial charge in [0.2, 0.25) is 0 Å². The van der Waals surface area contributed by atoms with Gasteiger partial charge in [0.25, 0.3) is 11.5 Å². The van der Waals surface area contributed by atoms with Crippen LogP contribution >= 0.6 is 11.8 Å². The molecule has 1 atom stereocenters. The van der Waals surface area contributed by atoms with Crippen molar-refractivity contribution in [2.45, 2.75) is 37.0 Å². The summed E-state index contributed by atoms with van der Waals surface area (Å²) in [7, 11) is 0. The summed E-state index contributed by atoms with van der Waals surface area (Å²) < 4.78 is 1.21. The van der Waals surface area contributed by atoms with E-state index in [1.807, 2.05) is 32.0 Å². The smallest absolute Gasteiger partial charge is 0.317 e. The lowest BCUT2D eigenvalue weighted by molar-refractivity contribution is -0.136. The molecule has 1 aromatic heterocycles. The number of anilines is 1. The number of carboxylic acid groups (broad SMARTS) is 1. The molecule has 9 heteroatoms. The van der Waals surface area contributed by atoms with Gasteiger partial charge in [0, 0.05) is 22.7 Å². The lowest BCUT2D eigenvalue weighted by Gasteiger charge is -2.13. The summed E-state index contributed by atoms with van der Waals surface area (Å²) in [5, 5.41) is 20.3. The summed E-state index contributed by atoms with van der Waals surface area (Å²) >= 11 is 1.18. The number of fused-ring (bicyclic) bond motifs is 1. The van der Waals surface area contributed by atoms with Gasteiger partial charge in [-0.1, -0.05) is 29.0 Å². The number of nitrogens with zero attached hydrogens (tertiary/aromatic N) is 3. The Bertz CT molecular complexity index is 1430. The highest BCUT2D eigenvalue weighted by Gasteiger charge is 2.20. The Morgan fingerprint density at radius 2 is 1.69 bits per heavy atom. The molecule has 0 bridgehead atoms. The van der Waals surface area contributed by atoms with Crippen LogP contribution in [0.2, 0.25) is 0 Å². The molecule has 4 aromatic rings. The van der Waals surface area contributed by atoms with E-state index in [9.17, 15) is 19.5 Å². The SMILES string of the molecule is Cc1ccc(C(=O)Nc2ccc(SC(CCn3nnc4cc(C)ccc4c3=O)C(=O)O)cc2)cc1. The lowest BCUT2D eigenvalue weighted by Crippen LogP contribution is -2.27. The van der Waals surface area contributed by atoms with Crippen molar-refractivity contribution < 1.29 is 14.7 Å². The second kappa shape index (κ2) is 10.5. The fraction of sp³-hybridized carbons (Fsp3) is 0.192. The molecule has 0 aliphatic carbocycles. The summed E-state index contributed by atoms with van der Waals surface area (Å²) in [4.78, 5) is 37.7. The maximum Gasteiger partial charge on any atom is 0.317 e. The number of carbonyl (C=O) groups is 2. The fourth-order valence-electron chi connectivity index (χ4n) is 3.49. The average molecular weight is 489 g/mol. The van der Waals surface area contributed by atoms with Crippen molar-refractivity contribution in [3.63, 3.8) is 0 Å². The predicted molar refractivity (Wildman–Crippen MR) is 136 cm³/mol. The molecule has 0 spiro atoms. The molecule has 178 valence electrons. The Kier molecular flexibility index (Phi) is 7.26. The van der Waals surface area contributed by atoms with E-state index in [2.05, 4.69) is 15.6 Å². The van der Waals surface area contributed by atoms with E-state index in [1.54, 1.807) is 48.5 Å². The van der Waals surface area contributed by atoms with Crippen LogP contribution in [0.5, 0.6) is 0 Å². The number of hydrogen-bond donors (Lipinski definition) is 2. The Balaban J connectivity index is 1.40. The molecule has 35 heavy (non-hydrogen) atoms. The highest BCUT2D eigenvalue weighted by atomic mass is 32.2. The number of carboxylic acids is 1. The summed E-state index contributed by atoms with van der Waals surface area (Å²) in [6, 6.07) is 19.6. The number of nitrogens with one attached hydrogen (secondary N) is 1. The Labute approximate surface area is 206 Å². The van der Waals surface area contributed by atoms with E-state index >= 15 is 0 Å². The zero-order valence-corrected chi connectivity index (χ0v) is 20.1. The number of carbonyl (C=O) groups excluding carboxylic acids is 1. The van der Waals surface area contributed by atoms with Crippen molar-refractivity contribution in [3.8, 4) is 0 Å². The van der Waals surface area contributed by atoms with Crippen molar-refractivity contribution >= 4 is 40.2 Å². The zero-order valence-electron chi connectivity index (χ0n) is 19.3. The highest BCUT2D eigenvalue weighted by Crippen LogP contribution is 2.27. The largest absolute Gasteiger partial charge is 0.480 e. The van der Waals surface area contributed by atoms with Crippen LogP contribution in [-0.4, -0.2) is 37.2 Å². The van der Waals surface area contributed by atoms with Crippen LogP contribution in [0.3, 0.4) is 0 Å². The van der Waals surface area contributed by atoms with Gasteiger partial charge in [-0.15, -0.1) is 16.9 Å². The average Bonchev–Trinajstić information content (AvgIpc) is 2.84. The summed E-state index contributed by atoms with van der Waals surface area (Å²) in [5.74, 6) is -1.20. The van der Waals surface area contributed by atoms with Gasteiger partial charge in [-0.05, 0) is 74.4 Å². The third-order valence-corrected chi connectivity index (χ3v) is 6.73. The number of amides is 1. The molecule has 4 rings (SSSR count). The molecule has 0 aliphatic heterocycles. The van der Waals surface area contributed by atoms with Gasteiger partial charge in [0.05, 0.1) is 5.39 Å². The van der Waals surface area contributed by atoms with Crippen molar-refractivity contribution in [3.05, 3.63) is 93.8 Å². The van der Waals surface area contributed by atoms with E-state index in [0.717, 1.165) is 16.0 Å². The van der Waals surface area contributed by atoms with Gasteiger partial charge < -0.3 is 10.4 Å². The molecule has 1 heterocycles. The van der Waals surface area contributed by atoms with Crippen molar-refractivity contribution in [1.82, 2.24) is 15.0 Å². The Hall–Kier alpha value is -3.98. The van der Waals surface area contributed by atoms with Crippen LogP contribution in [0, 0.1) is 13.8 Å². The van der Waals surface area contributed by atoms with Crippen LogP contribution in [0.1, 0.15) is 27.9 Å². The minimum Gasteiger partial charge on any atom is -0.480 e. The Morgan fingerprint density at radius 1 is 1.00 bits per heavy atom. The number of thioether (sulfide) groups is 1. The van der Waals surface area contributed by atoms with Gasteiger partial charge in [-0.2, -0.15) is 0 Å². The van der Waals surface area contributed by atoms with Gasteiger partial charge in [0.15, 0.2) is 0 Å². The van der Waals surface area contributed by atoms with E-state index in [0.29, 0.717) is 22.2 Å². The first-order chi connectivity index (χ1) is 16.8. The Morgan fingerprint density at radius 3 is 2.37 bits per heavy atom. The van der Waals surface area contributed by atoms with Gasteiger partial charge in [-0.3, -0.25) is 14.4 Å². The van der Waals surface area contributed by atoms with E-state index in [1.165, 1.54) is 16.4 Å². The van der Waals surface area contributed by atoms with Crippen molar-refractivity contribution in [2.24, 2.45) is 0 Å². The summed E-state index contributed by atoms with van der Waals surface area (Å²) in [5.41, 5.74) is 3.44. The van der Waals surface area contributed by atoms with E-state index in [-0.39, 0.29) is 24.4 Å². The maximum absolute atomic E-state index is 12.7. The number of hydrogen-bond acceptors (Lipinski definition) is 6. The van der Waals surface area contributed by atoms with Crippen molar-refractivity contribution in [1.29, 1.82) is 0 Å². The monoisotopic (exact) mass is 488 g/mol. The van der Waals surface area contributed by atoms with Crippen LogP contribution in [-0.2, 0) is 11.3 Å². The second-order valence-corrected chi connectivity index (χ2v) is 9.49. The molecule has 8 nitrogen and oxygen atoms in total. The third-order valence-electron chi connectivity index (χ3n) is 5.46. The van der Waals surface area contributed by atoms with Gasteiger partial charge >= 0.3 is 5.97 Å². The first-order valence-corrected chi connectivity index (χ1v) is 11.9. The number of aromatic nitrogens is 3. The standard InChI is InChI=1S/C26H24N4O4S/c1-16-3-6-18(7-4-16)24(31)27-19-8-10-20(11-9-19)35-23(26(33)34)13-14-30-25(32)21-12-5-17(2)15-22(21)28-29-30/h3-12,15,23H,13-14H2,1-2H3,(H,27,31)(H,33,34). The fourth-order valence-corrected chi connectivity index (χ4v) is 4.44. The first-order valence-electron chi connectivity index (χ1n) is 11.0. The van der Waals surface area contributed by atoms with E-state index in [4.69, 9.17) is 0 Å². The molecule has 3 aromatic carbocycles. The molecular formula is C26H24N4O4S. The van der Waals surface area contributed by atoms with Crippen LogP contribution in [0.15, 0.2) is 76.4 Å². The molecule has 0 aliphatic rings. The lowest BCUT2D eigenvalue weighted by atomic mass is 10.1. The maximum atomic E-state index is 12.7. The van der Waals surface area contributed by atoms with Crippen LogP contribution in [0.25, 0.3) is 10.9 Å². The summed E-state index contributed by atoms with van der Waals surface area (Å²) in [6.45, 7) is 3.99. The van der Waals surface area contributed by atoms with Crippen molar-refractivity contribution in [2.75, 3.05) is 5.32 Å². The van der Waals surface area contributed by atoms with E-state index < -0.39 is 11.2 Å². The molecule has 1 unspecified atom stereocenters. The van der Waals surface area contributed by atoms with Crippen LogP contribution < -0.4 is 10.9 Å². The number of aliphatic carboxylic acids is 1. The van der Waals surface area contributed by atoms with Crippen LogP contribution in [0.4, 0.5) is 5.69 Å². The topological polar surface area (TPSA) is 114 Å². The number of aryl methyl sites for hydroxylation is 3. The zero-order chi connectivity index (χ0) is 24.9. The third kappa shape index (κ3) is 5.93. The molecule has 0 saturated carbocycles. The highest BCUT2D eigenvalue weighted by molar-refractivity contribution is 8.00. The van der Waals surface area contributed by atoms with Gasteiger partial charge in [0.1, 0.15) is 10.8 Å². The molecule has 0 saturated heterocycles. The quantitative estimate of drug-likeness (QED) is 0.356. The number of benzene rings is 3. The van der Waals surface area contributed by atoms with Gasteiger partial charge in [-0.25, -0.2) is 4.68 Å². The first kappa shape index (κ1) is 24.2. The molecular weight excluding hydrogens is 464 g/mol. The second-order valence-electron chi connectivity index (χ2n) is 8.22. The normalized spacial score (nSPS) is 11.8. The summed E-state index contributed by atoms with van der Waals surface area (Å²) in [6.07, 6.45) is 0.192. The molecule has 1 amide bonds. The number of rotatable bonds is 8. The molecule has 2 N–H and O–H groups in total. The molecule has 0 radical (unpaired) electrons.